The van der Waals surface area contributed by atoms with Crippen LogP contribution in [-0.4, -0.2) is 48.7 Å². The average molecular weight is 375 g/mol. The van der Waals surface area contributed by atoms with Crippen LogP contribution in [0.5, 0.6) is 11.5 Å². The summed E-state index contributed by atoms with van der Waals surface area (Å²) >= 11 is 0. The van der Waals surface area contributed by atoms with Gasteiger partial charge in [-0.1, -0.05) is 12.1 Å². The van der Waals surface area contributed by atoms with Crippen molar-refractivity contribution in [1.29, 1.82) is 0 Å². The fourth-order valence-corrected chi connectivity index (χ4v) is 2.54. The average Bonchev–Trinajstić information content (AvgIpc) is 3.08. The lowest BCUT2D eigenvalue weighted by molar-refractivity contribution is -0.117. The molecule has 2 aromatic rings. The van der Waals surface area contributed by atoms with Crippen LogP contribution >= 0.6 is 0 Å². The Kier molecular flexibility index (Phi) is 6.81. The van der Waals surface area contributed by atoms with Crippen molar-refractivity contribution in [2.24, 2.45) is 0 Å². The number of aromatic nitrogens is 1. The summed E-state index contributed by atoms with van der Waals surface area (Å²) in [5.41, 5.74) is 0.365. The van der Waals surface area contributed by atoms with Gasteiger partial charge in [0, 0.05) is 18.2 Å². The number of amides is 2. The van der Waals surface area contributed by atoms with Crippen LogP contribution in [-0.2, 0) is 4.79 Å². The summed E-state index contributed by atoms with van der Waals surface area (Å²) in [6, 6.07) is 6.42. The number of methoxy groups -OCH3 is 2. The molecule has 146 valence electrons. The van der Waals surface area contributed by atoms with E-state index in [-0.39, 0.29) is 24.4 Å². The summed E-state index contributed by atoms with van der Waals surface area (Å²) in [7, 11) is 3.02. The summed E-state index contributed by atoms with van der Waals surface area (Å²) in [5.74, 6) is 1.22. The number of nitrogens with one attached hydrogen (secondary N) is 1. The van der Waals surface area contributed by atoms with Crippen LogP contribution in [0.15, 0.2) is 28.8 Å². The van der Waals surface area contributed by atoms with Crippen LogP contribution in [0.2, 0.25) is 0 Å². The molecule has 0 spiro atoms. The highest BCUT2D eigenvalue weighted by atomic mass is 16.5. The maximum atomic E-state index is 13.1. The van der Waals surface area contributed by atoms with Crippen molar-refractivity contribution in [1.82, 2.24) is 10.1 Å². The number of anilines is 1. The standard InChI is InChI=1S/C19H25N3O5/c1-6-12(2)22(11-18(23)20-17-9-13(3)27-21-17)19(24)15-8-7-14(25-4)10-16(15)26-5/h7-10,12H,6,11H2,1-5H3,(H,20,21,23). The first-order valence-electron chi connectivity index (χ1n) is 8.65. The number of hydrogen-bond acceptors (Lipinski definition) is 6. The summed E-state index contributed by atoms with van der Waals surface area (Å²) in [6.07, 6.45) is 0.695. The van der Waals surface area contributed by atoms with Crippen LogP contribution in [0.25, 0.3) is 0 Å². The minimum atomic E-state index is -0.357. The number of ether oxygens (including phenoxy) is 2. The maximum absolute atomic E-state index is 13.1. The molecule has 0 saturated heterocycles. The van der Waals surface area contributed by atoms with Gasteiger partial charge in [0.25, 0.3) is 5.91 Å². The summed E-state index contributed by atoms with van der Waals surface area (Å²) in [4.78, 5) is 27.0. The molecule has 8 heteroatoms. The predicted octanol–water partition coefficient (Wildman–Crippen LogP) is 2.88. The lowest BCUT2D eigenvalue weighted by Crippen LogP contribution is -2.43. The molecule has 0 aliphatic rings. The van der Waals surface area contributed by atoms with Gasteiger partial charge in [0.05, 0.1) is 19.8 Å². The van der Waals surface area contributed by atoms with E-state index in [9.17, 15) is 9.59 Å². The molecular formula is C19H25N3O5. The first-order chi connectivity index (χ1) is 12.9. The van der Waals surface area contributed by atoms with Gasteiger partial charge in [-0.3, -0.25) is 9.59 Å². The Morgan fingerprint density at radius 1 is 1.26 bits per heavy atom. The lowest BCUT2D eigenvalue weighted by Gasteiger charge is -2.28. The molecule has 1 unspecified atom stereocenters. The quantitative estimate of drug-likeness (QED) is 0.762. The van der Waals surface area contributed by atoms with Gasteiger partial charge in [0.2, 0.25) is 5.91 Å². The minimum absolute atomic E-state index is 0.116. The van der Waals surface area contributed by atoms with Crippen LogP contribution in [0, 0.1) is 6.92 Å². The molecule has 0 bridgehead atoms. The Morgan fingerprint density at radius 2 is 2.00 bits per heavy atom. The van der Waals surface area contributed by atoms with Gasteiger partial charge in [0.15, 0.2) is 5.82 Å². The third-order valence-electron chi connectivity index (χ3n) is 4.23. The molecule has 8 nitrogen and oxygen atoms in total. The van der Waals surface area contributed by atoms with E-state index >= 15 is 0 Å². The SMILES string of the molecule is CCC(C)N(CC(=O)Nc1cc(C)on1)C(=O)c1ccc(OC)cc1OC. The van der Waals surface area contributed by atoms with Crippen molar-refractivity contribution in [2.75, 3.05) is 26.1 Å². The molecule has 1 aromatic carbocycles. The normalized spacial score (nSPS) is 11.6. The minimum Gasteiger partial charge on any atom is -0.497 e. The number of aryl methyl sites for hydroxylation is 1. The molecule has 0 saturated carbocycles. The van der Waals surface area contributed by atoms with E-state index in [2.05, 4.69) is 10.5 Å². The molecular weight excluding hydrogens is 350 g/mol. The predicted molar refractivity (Wildman–Crippen MR) is 100 cm³/mol. The number of rotatable bonds is 8. The van der Waals surface area contributed by atoms with Gasteiger partial charge in [-0.25, -0.2) is 0 Å². The maximum Gasteiger partial charge on any atom is 0.258 e. The van der Waals surface area contributed by atoms with E-state index in [0.29, 0.717) is 35.1 Å². The number of hydrogen-bond donors (Lipinski definition) is 1. The van der Waals surface area contributed by atoms with Crippen molar-refractivity contribution >= 4 is 17.6 Å². The summed E-state index contributed by atoms with van der Waals surface area (Å²) in [6.45, 7) is 5.46. The summed E-state index contributed by atoms with van der Waals surface area (Å²) < 4.78 is 15.4. The van der Waals surface area contributed by atoms with Gasteiger partial charge in [0.1, 0.15) is 23.8 Å². The van der Waals surface area contributed by atoms with Crippen LogP contribution in [0.3, 0.4) is 0 Å². The molecule has 0 fully saturated rings. The van der Waals surface area contributed by atoms with E-state index in [0.717, 1.165) is 0 Å². The molecule has 0 aliphatic heterocycles. The van der Waals surface area contributed by atoms with Crippen LogP contribution in [0.1, 0.15) is 36.4 Å². The van der Waals surface area contributed by atoms with Crippen molar-refractivity contribution in [3.8, 4) is 11.5 Å². The van der Waals surface area contributed by atoms with Gasteiger partial charge < -0.3 is 24.2 Å². The molecule has 0 radical (unpaired) electrons. The lowest BCUT2D eigenvalue weighted by atomic mass is 10.1. The Hall–Kier alpha value is -3.03. The molecule has 0 aliphatic carbocycles. The van der Waals surface area contributed by atoms with Crippen LogP contribution in [0.4, 0.5) is 5.82 Å². The van der Waals surface area contributed by atoms with Gasteiger partial charge in [-0.15, -0.1) is 0 Å². The zero-order chi connectivity index (χ0) is 20.0. The highest BCUT2D eigenvalue weighted by molar-refractivity contribution is 6.01. The van der Waals surface area contributed by atoms with Crippen LogP contribution < -0.4 is 14.8 Å². The highest BCUT2D eigenvalue weighted by Crippen LogP contribution is 2.26. The smallest absolute Gasteiger partial charge is 0.258 e. The molecule has 1 atom stereocenters. The largest absolute Gasteiger partial charge is 0.497 e. The first-order valence-corrected chi connectivity index (χ1v) is 8.65. The number of carbonyl (C=O) groups excluding carboxylic acids is 2. The van der Waals surface area contributed by atoms with Gasteiger partial charge >= 0.3 is 0 Å². The van der Waals surface area contributed by atoms with E-state index in [1.807, 2.05) is 13.8 Å². The van der Waals surface area contributed by atoms with Crippen molar-refractivity contribution in [2.45, 2.75) is 33.2 Å². The van der Waals surface area contributed by atoms with E-state index in [1.165, 1.54) is 19.1 Å². The zero-order valence-corrected chi connectivity index (χ0v) is 16.2. The topological polar surface area (TPSA) is 93.9 Å². The van der Waals surface area contributed by atoms with E-state index in [1.54, 1.807) is 31.2 Å². The highest BCUT2D eigenvalue weighted by Gasteiger charge is 2.26. The molecule has 2 amide bonds. The second-order valence-electron chi connectivity index (χ2n) is 6.13. The second kappa shape index (κ2) is 9.07. The van der Waals surface area contributed by atoms with Gasteiger partial charge in [-0.05, 0) is 32.4 Å². The first kappa shape index (κ1) is 20.3. The number of carbonyl (C=O) groups is 2. The van der Waals surface area contributed by atoms with Crippen molar-refractivity contribution in [3.63, 3.8) is 0 Å². The molecule has 1 heterocycles. The molecule has 27 heavy (non-hydrogen) atoms. The summed E-state index contributed by atoms with van der Waals surface area (Å²) in [5, 5.41) is 6.37. The fraction of sp³-hybridized carbons (Fsp3) is 0.421. The van der Waals surface area contributed by atoms with E-state index in [4.69, 9.17) is 14.0 Å². The zero-order valence-electron chi connectivity index (χ0n) is 16.2. The number of benzene rings is 1. The molecule has 2 rings (SSSR count). The second-order valence-corrected chi connectivity index (χ2v) is 6.13. The van der Waals surface area contributed by atoms with Gasteiger partial charge in [-0.2, -0.15) is 0 Å². The Morgan fingerprint density at radius 3 is 2.56 bits per heavy atom. The molecule has 1 aromatic heterocycles. The Balaban J connectivity index is 2.22. The third-order valence-corrected chi connectivity index (χ3v) is 4.23. The van der Waals surface area contributed by atoms with E-state index < -0.39 is 0 Å². The van der Waals surface area contributed by atoms with Crippen molar-refractivity contribution < 1.29 is 23.6 Å². The van der Waals surface area contributed by atoms with Crippen molar-refractivity contribution in [3.05, 3.63) is 35.6 Å². The Labute approximate surface area is 158 Å². The fourth-order valence-electron chi connectivity index (χ4n) is 2.54. The third kappa shape index (κ3) is 4.99. The monoisotopic (exact) mass is 375 g/mol. The Bertz CT molecular complexity index is 802. The molecule has 1 N–H and O–H groups in total. The number of nitrogens with zero attached hydrogens (tertiary/aromatic N) is 2.